The van der Waals surface area contributed by atoms with Crippen molar-refractivity contribution in [3.63, 3.8) is 0 Å². The van der Waals surface area contributed by atoms with Crippen molar-refractivity contribution in [2.45, 2.75) is 49.1 Å². The Morgan fingerprint density at radius 3 is 2.65 bits per heavy atom. The lowest BCUT2D eigenvalue weighted by atomic mass is 9.89. The van der Waals surface area contributed by atoms with Crippen LogP contribution >= 0.6 is 0 Å². The average Bonchev–Trinajstić information content (AvgIpc) is 3.13. The summed E-state index contributed by atoms with van der Waals surface area (Å²) in [5.74, 6) is -1.42. The highest BCUT2D eigenvalue weighted by molar-refractivity contribution is 7.96. The molecule has 2 aliphatic heterocycles. The van der Waals surface area contributed by atoms with E-state index in [1.165, 1.54) is 18.2 Å². The molecule has 2 aromatic heterocycles. The molecule has 0 bridgehead atoms. The smallest absolute Gasteiger partial charge is 0.187 e. The predicted molar refractivity (Wildman–Crippen MR) is 113 cm³/mol. The van der Waals surface area contributed by atoms with Crippen molar-refractivity contribution in [1.29, 1.82) is 0 Å². The summed E-state index contributed by atoms with van der Waals surface area (Å²) in [6.45, 7) is 5.52. The Morgan fingerprint density at radius 2 is 1.97 bits per heavy atom. The molecule has 10 heteroatoms. The maximum atomic E-state index is 15.0. The zero-order valence-corrected chi connectivity index (χ0v) is 18.2. The first-order valence-corrected chi connectivity index (χ1v) is 11.4. The van der Waals surface area contributed by atoms with Crippen molar-refractivity contribution in [3.8, 4) is 0 Å². The van der Waals surface area contributed by atoms with Crippen molar-refractivity contribution in [3.05, 3.63) is 59.2 Å². The first-order chi connectivity index (χ1) is 14.5. The van der Waals surface area contributed by atoms with Gasteiger partial charge < -0.3 is 5.73 Å². The van der Waals surface area contributed by atoms with Crippen LogP contribution in [-0.4, -0.2) is 42.3 Å². The zero-order chi connectivity index (χ0) is 22.6. The van der Waals surface area contributed by atoms with Gasteiger partial charge in [-0.3, -0.25) is 19.8 Å². The second-order valence-corrected chi connectivity index (χ2v) is 11.4. The molecule has 164 valence electrons. The Labute approximate surface area is 179 Å². The standard InChI is InChI=1S/C21H23F2N5O2S/c1-20(2)19(24)28-21(3,17-8-9-26-31(17,20)30)18-14(23)6-5-13(27-18)10-16(29)15-7-4-12(22)11-25-15/h4-7,11,17H,8-10H2,1-3H3,(H2,24,28)/t17-,21+,31+/m1/s1. The number of fused-ring (bicyclic) bond motifs is 1. The van der Waals surface area contributed by atoms with Crippen molar-refractivity contribution in [2.24, 2.45) is 15.1 Å². The molecule has 4 heterocycles. The number of hydrogen-bond acceptors (Lipinski definition) is 7. The number of rotatable bonds is 4. The maximum absolute atomic E-state index is 15.0. The second kappa shape index (κ2) is 7.15. The predicted octanol–water partition coefficient (Wildman–Crippen LogP) is 2.79. The van der Waals surface area contributed by atoms with Crippen LogP contribution in [0, 0.1) is 11.6 Å². The number of carbonyl (C=O) groups is 1. The van der Waals surface area contributed by atoms with E-state index in [4.69, 9.17) is 5.73 Å². The summed E-state index contributed by atoms with van der Waals surface area (Å²) >= 11 is 0. The lowest BCUT2D eigenvalue weighted by Gasteiger charge is -2.44. The molecule has 0 aliphatic carbocycles. The van der Waals surface area contributed by atoms with Gasteiger partial charge in [0.2, 0.25) is 0 Å². The summed E-state index contributed by atoms with van der Waals surface area (Å²) < 4.78 is 45.3. The van der Waals surface area contributed by atoms with Gasteiger partial charge in [-0.25, -0.2) is 17.4 Å². The summed E-state index contributed by atoms with van der Waals surface area (Å²) in [7, 11) is -2.83. The highest BCUT2D eigenvalue weighted by Crippen LogP contribution is 2.47. The van der Waals surface area contributed by atoms with Gasteiger partial charge in [0.25, 0.3) is 0 Å². The topological polar surface area (TPSA) is 111 Å². The largest absolute Gasteiger partial charge is 0.386 e. The molecule has 0 spiro atoms. The highest BCUT2D eigenvalue weighted by Gasteiger charge is 2.57. The van der Waals surface area contributed by atoms with Crippen LogP contribution in [0.4, 0.5) is 8.78 Å². The third-order valence-electron chi connectivity index (χ3n) is 6.13. The average molecular weight is 448 g/mol. The van der Waals surface area contributed by atoms with Gasteiger partial charge in [0.15, 0.2) is 5.78 Å². The van der Waals surface area contributed by atoms with E-state index in [2.05, 4.69) is 19.3 Å². The van der Waals surface area contributed by atoms with Gasteiger partial charge in [-0.05, 0) is 51.5 Å². The van der Waals surface area contributed by atoms with Gasteiger partial charge in [0, 0.05) is 12.2 Å². The van der Waals surface area contributed by atoms with Crippen molar-refractivity contribution < 1.29 is 17.8 Å². The minimum Gasteiger partial charge on any atom is -0.386 e. The van der Waals surface area contributed by atoms with Gasteiger partial charge in [-0.2, -0.15) is 0 Å². The zero-order valence-electron chi connectivity index (χ0n) is 17.4. The number of Topliss-reactive ketones (excluding diaryl/α,β-unsaturated/α-hetero) is 1. The number of pyridine rings is 2. The van der Waals surface area contributed by atoms with Gasteiger partial charge >= 0.3 is 0 Å². The van der Waals surface area contributed by atoms with Crippen molar-refractivity contribution in [2.75, 3.05) is 6.54 Å². The van der Waals surface area contributed by atoms with Gasteiger partial charge in [-0.15, -0.1) is 0 Å². The van der Waals surface area contributed by atoms with E-state index in [0.717, 1.165) is 12.3 Å². The third kappa shape index (κ3) is 3.24. The second-order valence-electron chi connectivity index (χ2n) is 8.45. The fourth-order valence-electron chi connectivity index (χ4n) is 4.21. The Bertz CT molecular complexity index is 1220. The Hall–Kier alpha value is -2.75. The number of nitrogens with two attached hydrogens (primary N) is 1. The van der Waals surface area contributed by atoms with E-state index in [9.17, 15) is 17.8 Å². The lowest BCUT2D eigenvalue weighted by Crippen LogP contribution is -2.58. The molecule has 2 N–H and O–H groups in total. The van der Waals surface area contributed by atoms with Gasteiger partial charge in [-0.1, -0.05) is 0 Å². The number of nitrogens with zero attached hydrogens (tertiary/aromatic N) is 4. The Morgan fingerprint density at radius 1 is 1.23 bits per heavy atom. The molecule has 4 rings (SSSR count). The van der Waals surface area contributed by atoms with Crippen LogP contribution in [0.1, 0.15) is 49.1 Å². The molecule has 0 unspecified atom stereocenters. The molecular weight excluding hydrogens is 424 g/mol. The summed E-state index contributed by atoms with van der Waals surface area (Å²) in [6.07, 6.45) is 1.27. The molecule has 7 nitrogen and oxygen atoms in total. The van der Waals surface area contributed by atoms with E-state index < -0.39 is 36.9 Å². The number of carbonyl (C=O) groups excluding carboxylic acids is 1. The number of ketones is 1. The first-order valence-electron chi connectivity index (χ1n) is 9.87. The Kier molecular flexibility index (Phi) is 4.95. The molecule has 0 saturated carbocycles. The minimum atomic E-state index is -2.83. The number of amidine groups is 1. The number of halogens is 2. The summed E-state index contributed by atoms with van der Waals surface area (Å²) in [6, 6.07) is 5.05. The molecule has 2 aliphatic rings. The molecule has 31 heavy (non-hydrogen) atoms. The van der Waals surface area contributed by atoms with Crippen LogP contribution in [0.5, 0.6) is 0 Å². The van der Waals surface area contributed by atoms with Crippen molar-refractivity contribution in [1.82, 2.24) is 9.97 Å². The molecule has 0 saturated heterocycles. The van der Waals surface area contributed by atoms with E-state index in [1.54, 1.807) is 20.8 Å². The molecule has 0 aromatic carbocycles. The van der Waals surface area contributed by atoms with Crippen LogP contribution in [-0.2, 0) is 21.7 Å². The van der Waals surface area contributed by atoms with Gasteiger partial charge in [0.1, 0.15) is 39.1 Å². The number of aliphatic imine (C=N–C) groups is 1. The molecule has 3 atom stereocenters. The van der Waals surface area contributed by atoms with Crippen LogP contribution in [0.3, 0.4) is 0 Å². The molecule has 2 aromatic rings. The van der Waals surface area contributed by atoms with Crippen LogP contribution in [0.15, 0.2) is 39.8 Å². The fraction of sp³-hybridized carbons (Fsp3) is 0.429. The molecule has 0 amide bonds. The van der Waals surface area contributed by atoms with Gasteiger partial charge in [0.05, 0.1) is 27.6 Å². The number of hydrogen-bond donors (Lipinski definition) is 1. The van der Waals surface area contributed by atoms with E-state index in [-0.39, 0.29) is 29.4 Å². The quantitative estimate of drug-likeness (QED) is 0.725. The molecule has 0 radical (unpaired) electrons. The summed E-state index contributed by atoms with van der Waals surface area (Å²) in [5, 5.41) is -0.561. The fourth-order valence-corrected chi connectivity index (χ4v) is 7.36. The van der Waals surface area contributed by atoms with Crippen molar-refractivity contribution >= 4 is 21.3 Å². The maximum Gasteiger partial charge on any atom is 0.187 e. The minimum absolute atomic E-state index is 0.0156. The van der Waals surface area contributed by atoms with E-state index in [1.807, 2.05) is 0 Å². The lowest BCUT2D eigenvalue weighted by molar-refractivity contribution is 0.0987. The highest BCUT2D eigenvalue weighted by atomic mass is 32.2. The van der Waals surface area contributed by atoms with E-state index >= 15 is 0 Å². The summed E-state index contributed by atoms with van der Waals surface area (Å²) in [5.41, 5.74) is 5.27. The monoisotopic (exact) mass is 447 g/mol. The first kappa shape index (κ1) is 21.5. The van der Waals surface area contributed by atoms with Crippen LogP contribution in [0.25, 0.3) is 0 Å². The molecular formula is C21H23F2N5O2S. The third-order valence-corrected chi connectivity index (χ3v) is 9.83. The van der Waals surface area contributed by atoms with Crippen LogP contribution < -0.4 is 5.73 Å². The van der Waals surface area contributed by atoms with Crippen LogP contribution in [0.2, 0.25) is 0 Å². The summed E-state index contributed by atoms with van der Waals surface area (Å²) in [4.78, 5) is 25.3. The normalized spacial score (nSPS) is 29.1. The SMILES string of the molecule is CC1(C)C(N)=N[C@](C)(c2nc(CC(=O)c3ccc(F)cn3)ccc2F)[C@H]2CCN=[S@]21=O. The van der Waals surface area contributed by atoms with E-state index in [0.29, 0.717) is 18.7 Å². The number of aromatic nitrogens is 2. The Balaban J connectivity index is 1.76. The molecule has 0 fully saturated rings.